The van der Waals surface area contributed by atoms with E-state index < -0.39 is 0 Å². The lowest BCUT2D eigenvalue weighted by Gasteiger charge is -2.31. The molecule has 0 aromatic carbocycles. The second kappa shape index (κ2) is 8.84. The first-order chi connectivity index (χ1) is 15.0. The predicted molar refractivity (Wildman–Crippen MR) is 119 cm³/mol. The molecule has 6 fully saturated rings. The number of hydrogen-bond acceptors (Lipinski definition) is 6. The van der Waals surface area contributed by atoms with Crippen molar-refractivity contribution in [2.75, 3.05) is 11.5 Å². The van der Waals surface area contributed by atoms with Crippen molar-refractivity contribution in [1.82, 2.24) is 20.4 Å². The van der Waals surface area contributed by atoms with Crippen LogP contribution in [0.25, 0.3) is 0 Å². The van der Waals surface area contributed by atoms with Gasteiger partial charge in [-0.1, -0.05) is 32.1 Å². The third-order valence-corrected chi connectivity index (χ3v) is 10.4. The minimum atomic E-state index is -0.190. The van der Waals surface area contributed by atoms with E-state index in [0.717, 1.165) is 11.5 Å². The van der Waals surface area contributed by atoms with Gasteiger partial charge in [0.15, 0.2) is 0 Å². The normalized spacial score (nSPS) is 35.7. The van der Waals surface area contributed by atoms with E-state index in [4.69, 9.17) is 0 Å². The first kappa shape index (κ1) is 21.4. The van der Waals surface area contributed by atoms with Crippen LogP contribution in [0.3, 0.4) is 0 Å². The smallest absolute Gasteiger partial charge is 0.299 e. The standard InChI is InChI=1S/C11H16N2O2S.C10H14N2O2S/c14-9-8-6-16-10(13(8)11(15)12-9)7-4-2-1-3-5-7;13-8-7-5-15-9(6-3-1-2-4-6)12(7)10(14)11-8/h7-8,10H,1-6H2,(H,12,14,15);6-7,9H,1-5H2,(H,11,13,14)/t8-,10?;7-,9?/m00/s1. The van der Waals surface area contributed by atoms with Gasteiger partial charge in [0.25, 0.3) is 11.8 Å². The average Bonchev–Trinajstić information content (AvgIpc) is 3.56. The summed E-state index contributed by atoms with van der Waals surface area (Å²) >= 11 is 3.58. The van der Waals surface area contributed by atoms with E-state index in [2.05, 4.69) is 10.6 Å². The highest BCUT2D eigenvalue weighted by Crippen LogP contribution is 2.43. The summed E-state index contributed by atoms with van der Waals surface area (Å²) in [6, 6.07) is -0.722. The zero-order valence-electron chi connectivity index (χ0n) is 17.6. The number of rotatable bonds is 2. The maximum atomic E-state index is 11.7. The number of fused-ring (bicyclic) bond motifs is 2. The van der Waals surface area contributed by atoms with Crippen LogP contribution in [0, 0.1) is 11.8 Å². The van der Waals surface area contributed by atoms with E-state index in [1.54, 1.807) is 33.3 Å². The SMILES string of the molecule is O=C1NC(=O)N2C(C3CCCC3)SC[C@@H]12.O=C1NC(=O)N2C(C3CCCCC3)SC[C@@H]12. The molecule has 4 heterocycles. The van der Waals surface area contributed by atoms with Crippen molar-refractivity contribution in [3.63, 3.8) is 0 Å². The molecule has 2 saturated carbocycles. The highest BCUT2D eigenvalue weighted by Gasteiger charge is 2.51. The van der Waals surface area contributed by atoms with Crippen molar-refractivity contribution in [3.05, 3.63) is 0 Å². The molecule has 10 heteroatoms. The van der Waals surface area contributed by atoms with Gasteiger partial charge in [0.05, 0.1) is 10.7 Å². The molecule has 0 radical (unpaired) electrons. The summed E-state index contributed by atoms with van der Waals surface area (Å²) in [4.78, 5) is 49.8. The summed E-state index contributed by atoms with van der Waals surface area (Å²) in [6.45, 7) is 0. The van der Waals surface area contributed by atoms with Crippen molar-refractivity contribution >= 4 is 47.4 Å². The highest BCUT2D eigenvalue weighted by atomic mass is 32.2. The summed E-state index contributed by atoms with van der Waals surface area (Å²) < 4.78 is 0. The molecule has 6 amide bonds. The molecule has 6 rings (SSSR count). The molecule has 0 bridgehead atoms. The van der Waals surface area contributed by atoms with E-state index in [1.807, 2.05) is 0 Å². The summed E-state index contributed by atoms with van der Waals surface area (Å²) in [6.07, 6.45) is 11.3. The zero-order valence-corrected chi connectivity index (χ0v) is 19.2. The lowest BCUT2D eigenvalue weighted by molar-refractivity contribution is -0.121. The van der Waals surface area contributed by atoms with Crippen molar-refractivity contribution in [3.8, 4) is 0 Å². The Labute approximate surface area is 191 Å². The lowest BCUT2D eigenvalue weighted by Crippen LogP contribution is -2.40. The van der Waals surface area contributed by atoms with Gasteiger partial charge in [0.1, 0.15) is 12.1 Å². The Hall–Kier alpha value is -1.42. The molecule has 31 heavy (non-hydrogen) atoms. The van der Waals surface area contributed by atoms with Crippen LogP contribution >= 0.6 is 23.5 Å². The third-order valence-electron chi connectivity index (χ3n) is 7.46. The number of nitrogens with one attached hydrogen (secondary N) is 2. The summed E-state index contributed by atoms with van der Waals surface area (Å²) in [5.41, 5.74) is 0. The van der Waals surface area contributed by atoms with Gasteiger partial charge in [-0.15, -0.1) is 23.5 Å². The molecular formula is C21H30N4O4S2. The second-order valence-corrected chi connectivity index (χ2v) is 11.6. The van der Waals surface area contributed by atoms with Crippen LogP contribution in [-0.4, -0.2) is 68.0 Å². The number of urea groups is 2. The van der Waals surface area contributed by atoms with E-state index in [9.17, 15) is 19.2 Å². The topological polar surface area (TPSA) is 98.8 Å². The van der Waals surface area contributed by atoms with Crippen LogP contribution in [0.1, 0.15) is 57.8 Å². The van der Waals surface area contributed by atoms with E-state index in [1.165, 1.54) is 57.8 Å². The fourth-order valence-electron chi connectivity index (χ4n) is 5.87. The van der Waals surface area contributed by atoms with Gasteiger partial charge in [-0.25, -0.2) is 9.59 Å². The minimum Gasteiger partial charge on any atom is -0.299 e. The second-order valence-electron chi connectivity index (χ2n) is 9.33. The molecule has 4 atom stereocenters. The van der Waals surface area contributed by atoms with E-state index in [-0.39, 0.29) is 46.7 Å². The number of thioether (sulfide) groups is 2. The Morgan fingerprint density at radius 3 is 1.42 bits per heavy atom. The average molecular weight is 467 g/mol. The quantitative estimate of drug-likeness (QED) is 0.607. The highest BCUT2D eigenvalue weighted by molar-refractivity contribution is 8.00. The Bertz CT molecular complexity index is 768. The van der Waals surface area contributed by atoms with Crippen molar-refractivity contribution in [1.29, 1.82) is 0 Å². The molecule has 2 N–H and O–H groups in total. The molecule has 0 aromatic heterocycles. The Kier molecular flexibility index (Phi) is 6.11. The maximum absolute atomic E-state index is 11.7. The van der Waals surface area contributed by atoms with Gasteiger partial charge < -0.3 is 0 Å². The third kappa shape index (κ3) is 3.94. The van der Waals surface area contributed by atoms with Crippen molar-refractivity contribution in [2.45, 2.75) is 80.6 Å². The van der Waals surface area contributed by atoms with Crippen LogP contribution < -0.4 is 10.6 Å². The Morgan fingerprint density at radius 2 is 1.00 bits per heavy atom. The molecule has 6 aliphatic rings. The number of imide groups is 2. The van der Waals surface area contributed by atoms with Crippen LogP contribution in [0.4, 0.5) is 9.59 Å². The van der Waals surface area contributed by atoms with Crippen LogP contribution in [0.2, 0.25) is 0 Å². The van der Waals surface area contributed by atoms with E-state index >= 15 is 0 Å². The number of carbonyl (C=O) groups is 4. The molecule has 0 aromatic rings. The van der Waals surface area contributed by atoms with Gasteiger partial charge in [-0.2, -0.15) is 0 Å². The molecular weight excluding hydrogens is 436 g/mol. The Morgan fingerprint density at radius 1 is 0.613 bits per heavy atom. The summed E-state index contributed by atoms with van der Waals surface area (Å²) in [5, 5.41) is 5.33. The zero-order chi connectivity index (χ0) is 21.5. The summed E-state index contributed by atoms with van der Waals surface area (Å²) in [5.74, 6) is 2.55. The number of hydrogen-bond donors (Lipinski definition) is 2. The monoisotopic (exact) mass is 466 g/mol. The van der Waals surface area contributed by atoms with Crippen molar-refractivity contribution in [2.24, 2.45) is 11.8 Å². The number of carbonyl (C=O) groups excluding carboxylic acids is 4. The number of amides is 6. The van der Waals surface area contributed by atoms with Gasteiger partial charge >= 0.3 is 12.1 Å². The molecule has 2 unspecified atom stereocenters. The lowest BCUT2D eigenvalue weighted by atomic mass is 9.88. The summed E-state index contributed by atoms with van der Waals surface area (Å²) in [7, 11) is 0. The fourth-order valence-corrected chi connectivity index (χ4v) is 9.15. The van der Waals surface area contributed by atoms with Crippen LogP contribution in [0.15, 0.2) is 0 Å². The molecule has 170 valence electrons. The molecule has 0 spiro atoms. The largest absolute Gasteiger partial charge is 0.325 e. The van der Waals surface area contributed by atoms with Gasteiger partial charge in [0.2, 0.25) is 0 Å². The van der Waals surface area contributed by atoms with Gasteiger partial charge in [-0.05, 0) is 37.5 Å². The number of nitrogens with zero attached hydrogens (tertiary/aromatic N) is 2. The minimum absolute atomic E-state index is 0.101. The van der Waals surface area contributed by atoms with Gasteiger partial charge in [0, 0.05) is 11.5 Å². The van der Waals surface area contributed by atoms with Crippen molar-refractivity contribution < 1.29 is 19.2 Å². The first-order valence-electron chi connectivity index (χ1n) is 11.5. The molecule has 4 aliphatic heterocycles. The fraction of sp³-hybridized carbons (Fsp3) is 0.810. The first-order valence-corrected chi connectivity index (χ1v) is 13.6. The van der Waals surface area contributed by atoms with E-state index in [0.29, 0.717) is 11.8 Å². The predicted octanol–water partition coefficient (Wildman–Crippen LogP) is 2.73. The molecule has 4 saturated heterocycles. The maximum Gasteiger partial charge on any atom is 0.325 e. The Balaban J connectivity index is 0.000000132. The van der Waals surface area contributed by atoms with Crippen LogP contribution in [0.5, 0.6) is 0 Å². The van der Waals surface area contributed by atoms with Crippen LogP contribution in [-0.2, 0) is 9.59 Å². The van der Waals surface area contributed by atoms with Gasteiger partial charge in [-0.3, -0.25) is 30.0 Å². The molecule has 2 aliphatic carbocycles. The molecule has 8 nitrogen and oxygen atoms in total.